The first-order valence-electron chi connectivity index (χ1n) is 7.09. The van der Waals surface area contributed by atoms with Gasteiger partial charge in [-0.3, -0.25) is 0 Å². The van der Waals surface area contributed by atoms with Gasteiger partial charge in [0.15, 0.2) is 0 Å². The van der Waals surface area contributed by atoms with E-state index in [1.165, 1.54) is 0 Å². The summed E-state index contributed by atoms with van der Waals surface area (Å²) in [4.78, 5) is 2.60. The first-order valence-corrected chi connectivity index (χ1v) is 8.57. The van der Waals surface area contributed by atoms with Gasteiger partial charge < -0.3 is 9.64 Å². The van der Waals surface area contributed by atoms with Crippen LogP contribution in [0, 0.1) is 6.92 Å². The number of nitrogens with zero attached hydrogens (tertiary/aromatic N) is 1. The molecule has 0 bridgehead atoms. The van der Waals surface area contributed by atoms with Gasteiger partial charge in [-0.05, 0) is 57.4 Å². The summed E-state index contributed by atoms with van der Waals surface area (Å²) in [6.45, 7) is 3.30. The minimum Gasteiger partial charge on any atom is -0.492 e. The average molecular weight is 319 g/mol. The molecule has 2 rings (SSSR count). The molecule has 0 aliphatic rings. The summed E-state index contributed by atoms with van der Waals surface area (Å²) in [5.74, 6) is 0.671. The van der Waals surface area contributed by atoms with Crippen LogP contribution in [0.4, 0.5) is 0 Å². The second kappa shape index (κ2) is 6.94. The van der Waals surface area contributed by atoms with Gasteiger partial charge in [-0.15, -0.1) is 0 Å². The quantitative estimate of drug-likeness (QED) is 0.821. The number of aryl methyl sites for hydroxylation is 1. The lowest BCUT2D eigenvalue weighted by Crippen LogP contribution is -2.19. The third-order valence-electron chi connectivity index (χ3n) is 3.27. The van der Waals surface area contributed by atoms with Crippen molar-refractivity contribution in [2.75, 3.05) is 27.2 Å². The topological polar surface area (TPSA) is 46.6 Å². The van der Waals surface area contributed by atoms with Crippen molar-refractivity contribution in [2.24, 2.45) is 0 Å². The second-order valence-corrected chi connectivity index (χ2v) is 7.39. The van der Waals surface area contributed by atoms with Crippen LogP contribution < -0.4 is 4.74 Å². The smallest absolute Gasteiger partial charge is 0.206 e. The van der Waals surface area contributed by atoms with E-state index in [1.54, 1.807) is 48.5 Å². The SMILES string of the molecule is Cc1ccc(S(=O)(=O)c2ccc(OCCN(C)C)cc2)cc1. The van der Waals surface area contributed by atoms with E-state index < -0.39 is 9.84 Å². The van der Waals surface area contributed by atoms with Crippen molar-refractivity contribution >= 4 is 9.84 Å². The zero-order chi connectivity index (χ0) is 16.2. The van der Waals surface area contributed by atoms with Crippen LogP contribution >= 0.6 is 0 Å². The maximum atomic E-state index is 12.5. The summed E-state index contributed by atoms with van der Waals surface area (Å²) in [6.07, 6.45) is 0. The number of hydrogen-bond donors (Lipinski definition) is 0. The van der Waals surface area contributed by atoms with Gasteiger partial charge in [-0.1, -0.05) is 17.7 Å². The summed E-state index contributed by atoms with van der Waals surface area (Å²) in [5, 5.41) is 0. The summed E-state index contributed by atoms with van der Waals surface area (Å²) in [5.41, 5.74) is 1.03. The van der Waals surface area contributed by atoms with E-state index in [4.69, 9.17) is 4.74 Å². The highest BCUT2D eigenvalue weighted by Gasteiger charge is 2.17. The van der Waals surface area contributed by atoms with Crippen LogP contribution in [-0.4, -0.2) is 40.6 Å². The lowest BCUT2D eigenvalue weighted by atomic mass is 10.2. The Kier molecular flexibility index (Phi) is 5.21. The number of ether oxygens (including phenoxy) is 1. The van der Waals surface area contributed by atoms with Crippen LogP contribution in [0.3, 0.4) is 0 Å². The molecule has 118 valence electrons. The van der Waals surface area contributed by atoms with Crippen LogP contribution in [0.1, 0.15) is 5.56 Å². The van der Waals surface area contributed by atoms with E-state index in [1.807, 2.05) is 25.9 Å². The molecule has 0 unspecified atom stereocenters. The van der Waals surface area contributed by atoms with Crippen molar-refractivity contribution in [3.63, 3.8) is 0 Å². The Morgan fingerprint density at radius 2 is 1.41 bits per heavy atom. The number of sulfone groups is 1. The lowest BCUT2D eigenvalue weighted by molar-refractivity contribution is 0.261. The fourth-order valence-electron chi connectivity index (χ4n) is 1.91. The van der Waals surface area contributed by atoms with Gasteiger partial charge >= 0.3 is 0 Å². The Hall–Kier alpha value is -1.85. The number of benzene rings is 2. The van der Waals surface area contributed by atoms with Gasteiger partial charge in [0, 0.05) is 6.54 Å². The molecule has 5 heteroatoms. The highest BCUT2D eigenvalue weighted by atomic mass is 32.2. The number of rotatable bonds is 6. The molecule has 0 saturated heterocycles. The molecule has 0 fully saturated rings. The largest absolute Gasteiger partial charge is 0.492 e. The summed E-state index contributed by atoms with van der Waals surface area (Å²) in [6, 6.07) is 13.4. The predicted octanol–water partition coefficient (Wildman–Crippen LogP) is 2.77. The second-order valence-electron chi connectivity index (χ2n) is 5.44. The molecule has 0 aliphatic heterocycles. The third-order valence-corrected chi connectivity index (χ3v) is 5.06. The summed E-state index contributed by atoms with van der Waals surface area (Å²) >= 11 is 0. The van der Waals surface area contributed by atoms with Crippen molar-refractivity contribution < 1.29 is 13.2 Å². The van der Waals surface area contributed by atoms with Crippen molar-refractivity contribution in [2.45, 2.75) is 16.7 Å². The lowest BCUT2D eigenvalue weighted by Gasteiger charge is -2.11. The van der Waals surface area contributed by atoms with Crippen molar-refractivity contribution in [1.29, 1.82) is 0 Å². The summed E-state index contributed by atoms with van der Waals surface area (Å²) < 4.78 is 30.6. The number of hydrogen-bond acceptors (Lipinski definition) is 4. The van der Waals surface area contributed by atoms with Crippen LogP contribution in [0.25, 0.3) is 0 Å². The first-order chi connectivity index (χ1) is 10.4. The molecule has 0 amide bonds. The average Bonchev–Trinajstić information content (AvgIpc) is 2.48. The molecular formula is C17H21NO3S. The third kappa shape index (κ3) is 4.08. The summed E-state index contributed by atoms with van der Waals surface area (Å²) in [7, 11) is 0.475. The van der Waals surface area contributed by atoms with Gasteiger partial charge in [-0.25, -0.2) is 8.42 Å². The molecule has 2 aromatic rings. The van der Waals surface area contributed by atoms with Crippen molar-refractivity contribution in [3.05, 3.63) is 54.1 Å². The van der Waals surface area contributed by atoms with Crippen molar-refractivity contribution in [3.8, 4) is 5.75 Å². The van der Waals surface area contributed by atoms with E-state index in [0.29, 0.717) is 17.3 Å². The zero-order valence-electron chi connectivity index (χ0n) is 13.1. The van der Waals surface area contributed by atoms with E-state index in [2.05, 4.69) is 0 Å². The molecule has 0 radical (unpaired) electrons. The van der Waals surface area contributed by atoms with Crippen LogP contribution in [-0.2, 0) is 9.84 Å². The molecule has 0 spiro atoms. The monoisotopic (exact) mass is 319 g/mol. The van der Waals surface area contributed by atoms with Gasteiger partial charge in [0.1, 0.15) is 12.4 Å². The fraction of sp³-hybridized carbons (Fsp3) is 0.294. The van der Waals surface area contributed by atoms with Gasteiger partial charge in [0.05, 0.1) is 9.79 Å². The Balaban J connectivity index is 2.13. The molecular weight excluding hydrogens is 298 g/mol. The molecule has 0 heterocycles. The van der Waals surface area contributed by atoms with Crippen LogP contribution in [0.5, 0.6) is 5.75 Å². The molecule has 0 saturated carbocycles. The van der Waals surface area contributed by atoms with E-state index in [9.17, 15) is 8.42 Å². The molecule has 22 heavy (non-hydrogen) atoms. The molecule has 4 nitrogen and oxygen atoms in total. The Bertz CT molecular complexity index is 705. The Morgan fingerprint density at radius 1 is 0.909 bits per heavy atom. The van der Waals surface area contributed by atoms with Gasteiger partial charge in [0.25, 0.3) is 0 Å². The molecule has 0 N–H and O–H groups in total. The van der Waals surface area contributed by atoms with Crippen LogP contribution in [0.15, 0.2) is 58.3 Å². The van der Waals surface area contributed by atoms with Crippen LogP contribution in [0.2, 0.25) is 0 Å². The first kappa shape index (κ1) is 16.5. The Morgan fingerprint density at radius 3 is 1.91 bits per heavy atom. The Labute approximate surface area is 132 Å². The zero-order valence-corrected chi connectivity index (χ0v) is 13.9. The maximum absolute atomic E-state index is 12.5. The number of likely N-dealkylation sites (N-methyl/N-ethyl adjacent to an activating group) is 1. The predicted molar refractivity (Wildman–Crippen MR) is 87.1 cm³/mol. The molecule has 2 aromatic carbocycles. The van der Waals surface area contributed by atoms with Crippen molar-refractivity contribution in [1.82, 2.24) is 4.90 Å². The molecule has 0 aromatic heterocycles. The molecule has 0 aliphatic carbocycles. The highest BCUT2D eigenvalue weighted by Crippen LogP contribution is 2.23. The normalized spacial score (nSPS) is 11.6. The van der Waals surface area contributed by atoms with E-state index in [0.717, 1.165) is 12.1 Å². The van der Waals surface area contributed by atoms with Gasteiger partial charge in [0.2, 0.25) is 9.84 Å². The van der Waals surface area contributed by atoms with E-state index >= 15 is 0 Å². The fourth-order valence-corrected chi connectivity index (χ4v) is 3.18. The minimum absolute atomic E-state index is 0.274. The standard InChI is InChI=1S/C17H21NO3S/c1-14-4-8-16(9-5-14)22(19,20)17-10-6-15(7-11-17)21-13-12-18(2)3/h4-11H,12-13H2,1-3H3. The van der Waals surface area contributed by atoms with Gasteiger partial charge in [-0.2, -0.15) is 0 Å². The highest BCUT2D eigenvalue weighted by molar-refractivity contribution is 7.91. The minimum atomic E-state index is -3.47. The molecule has 0 atom stereocenters. The van der Waals surface area contributed by atoms with E-state index in [-0.39, 0.29) is 4.90 Å². The maximum Gasteiger partial charge on any atom is 0.206 e.